The van der Waals surface area contributed by atoms with Crippen LogP contribution in [-0.4, -0.2) is 68.6 Å². The molecular formula is C21H26N2O9S. The highest BCUT2D eigenvalue weighted by atomic mass is 32.2. The fourth-order valence-corrected chi connectivity index (χ4v) is 3.81. The van der Waals surface area contributed by atoms with Crippen molar-refractivity contribution < 1.29 is 41.7 Å². The number of anilines is 2. The van der Waals surface area contributed by atoms with Crippen molar-refractivity contribution in [3.63, 3.8) is 0 Å². The molecule has 2 rings (SSSR count). The van der Waals surface area contributed by atoms with Gasteiger partial charge < -0.3 is 29.0 Å². The van der Waals surface area contributed by atoms with E-state index in [4.69, 9.17) is 23.7 Å². The lowest BCUT2D eigenvalue weighted by Crippen LogP contribution is -2.37. The van der Waals surface area contributed by atoms with E-state index in [0.717, 1.165) is 10.6 Å². The summed E-state index contributed by atoms with van der Waals surface area (Å²) in [5.41, 5.74) is 0.247. The predicted molar refractivity (Wildman–Crippen MR) is 121 cm³/mol. The van der Waals surface area contributed by atoms with Gasteiger partial charge in [0.2, 0.25) is 15.9 Å². The number of rotatable bonds is 10. The Balaban J connectivity index is 2.42. The van der Waals surface area contributed by atoms with Crippen molar-refractivity contribution in [2.75, 3.05) is 58.0 Å². The summed E-state index contributed by atoms with van der Waals surface area (Å²) in [6, 6.07) is 7.16. The van der Waals surface area contributed by atoms with Crippen LogP contribution in [0.15, 0.2) is 30.3 Å². The molecule has 0 saturated heterocycles. The first-order valence-electron chi connectivity index (χ1n) is 9.43. The van der Waals surface area contributed by atoms with E-state index in [1.807, 2.05) is 0 Å². The number of methoxy groups -OCH3 is 5. The molecule has 0 radical (unpaired) electrons. The maximum Gasteiger partial charge on any atom is 0.340 e. The van der Waals surface area contributed by atoms with E-state index in [-0.39, 0.29) is 34.2 Å². The molecule has 0 aromatic heterocycles. The van der Waals surface area contributed by atoms with E-state index in [9.17, 15) is 18.0 Å². The Labute approximate surface area is 192 Å². The number of sulfonamides is 1. The van der Waals surface area contributed by atoms with Crippen molar-refractivity contribution in [2.24, 2.45) is 0 Å². The predicted octanol–water partition coefficient (Wildman–Crippen LogP) is 1.91. The second-order valence-corrected chi connectivity index (χ2v) is 8.51. The van der Waals surface area contributed by atoms with Crippen molar-refractivity contribution in [3.8, 4) is 23.0 Å². The zero-order valence-electron chi connectivity index (χ0n) is 19.1. The summed E-state index contributed by atoms with van der Waals surface area (Å²) in [4.78, 5) is 25.1. The number of esters is 1. The third-order valence-corrected chi connectivity index (χ3v) is 5.69. The van der Waals surface area contributed by atoms with Gasteiger partial charge in [-0.1, -0.05) is 0 Å². The molecule has 0 saturated carbocycles. The maximum absolute atomic E-state index is 12.8. The van der Waals surface area contributed by atoms with Gasteiger partial charge in [0.1, 0.15) is 6.54 Å². The molecule has 180 valence electrons. The van der Waals surface area contributed by atoms with E-state index in [2.05, 4.69) is 5.32 Å². The lowest BCUT2D eigenvalue weighted by atomic mass is 10.1. The average molecular weight is 483 g/mol. The molecule has 0 heterocycles. The van der Waals surface area contributed by atoms with Crippen LogP contribution in [0.5, 0.6) is 23.0 Å². The van der Waals surface area contributed by atoms with Crippen molar-refractivity contribution in [2.45, 2.75) is 0 Å². The monoisotopic (exact) mass is 482 g/mol. The highest BCUT2D eigenvalue weighted by molar-refractivity contribution is 7.92. The number of amides is 1. The van der Waals surface area contributed by atoms with Gasteiger partial charge in [-0.2, -0.15) is 0 Å². The second kappa shape index (κ2) is 10.8. The summed E-state index contributed by atoms with van der Waals surface area (Å²) >= 11 is 0. The molecule has 0 atom stereocenters. The van der Waals surface area contributed by atoms with Gasteiger partial charge in [0.25, 0.3) is 0 Å². The van der Waals surface area contributed by atoms with E-state index in [1.54, 1.807) is 0 Å². The number of hydrogen-bond donors (Lipinski definition) is 1. The molecule has 0 spiro atoms. The van der Waals surface area contributed by atoms with Crippen molar-refractivity contribution in [1.29, 1.82) is 0 Å². The Kier molecular flexibility index (Phi) is 8.35. The maximum atomic E-state index is 12.8. The number of benzene rings is 2. The van der Waals surface area contributed by atoms with Crippen molar-refractivity contribution in [1.82, 2.24) is 0 Å². The molecule has 12 heteroatoms. The SMILES string of the molecule is COC(=O)c1cc(OC)c(OC)cc1NC(=O)CN(c1ccc(OC)c(OC)c1)S(C)(=O)=O. The minimum atomic E-state index is -3.86. The first kappa shape index (κ1) is 25.6. The van der Waals surface area contributed by atoms with Crippen molar-refractivity contribution >= 4 is 33.3 Å². The van der Waals surface area contributed by atoms with Crippen LogP contribution in [0.4, 0.5) is 11.4 Å². The minimum Gasteiger partial charge on any atom is -0.493 e. The second-order valence-electron chi connectivity index (χ2n) is 6.60. The Morgan fingerprint density at radius 2 is 1.39 bits per heavy atom. The Morgan fingerprint density at radius 3 is 1.91 bits per heavy atom. The highest BCUT2D eigenvalue weighted by Gasteiger charge is 2.24. The number of ether oxygens (including phenoxy) is 5. The fraction of sp³-hybridized carbons (Fsp3) is 0.333. The minimum absolute atomic E-state index is 0.000484. The van der Waals surface area contributed by atoms with Crippen molar-refractivity contribution in [3.05, 3.63) is 35.9 Å². The standard InChI is InChI=1S/C21H26N2O9S/c1-28-16-8-7-13(9-17(16)29-2)23(33(6,26)27)12-20(24)22-15-11-19(31-4)18(30-3)10-14(15)21(25)32-5/h7-11H,12H2,1-6H3,(H,22,24). The number of nitrogens with one attached hydrogen (secondary N) is 1. The molecule has 0 bridgehead atoms. The van der Waals surface area contributed by atoms with Crippen LogP contribution in [-0.2, 0) is 19.6 Å². The van der Waals surface area contributed by atoms with Gasteiger partial charge in [-0.3, -0.25) is 9.10 Å². The molecule has 1 N–H and O–H groups in total. The Bertz CT molecular complexity index is 1130. The van der Waals surface area contributed by atoms with Gasteiger partial charge in [0.05, 0.1) is 58.7 Å². The topological polar surface area (TPSA) is 130 Å². The van der Waals surface area contributed by atoms with Gasteiger partial charge in [-0.25, -0.2) is 13.2 Å². The summed E-state index contributed by atoms with van der Waals surface area (Å²) in [6.07, 6.45) is 0.966. The number of hydrogen-bond acceptors (Lipinski definition) is 9. The molecule has 11 nitrogen and oxygen atoms in total. The first-order valence-corrected chi connectivity index (χ1v) is 11.3. The summed E-state index contributed by atoms with van der Waals surface area (Å²) in [5.74, 6) is -0.262. The van der Waals surface area contributed by atoms with Gasteiger partial charge in [-0.15, -0.1) is 0 Å². The smallest absolute Gasteiger partial charge is 0.340 e. The van der Waals surface area contributed by atoms with E-state index in [0.29, 0.717) is 5.75 Å². The quantitative estimate of drug-likeness (QED) is 0.505. The molecule has 33 heavy (non-hydrogen) atoms. The molecule has 0 unspecified atom stereocenters. The van der Waals surface area contributed by atoms with Gasteiger partial charge in [-0.05, 0) is 12.1 Å². The summed E-state index contributed by atoms with van der Waals surface area (Å²) in [7, 11) is 2.96. The Hall–Kier alpha value is -3.67. The zero-order valence-corrected chi connectivity index (χ0v) is 19.9. The summed E-state index contributed by atoms with van der Waals surface area (Å²) < 4.78 is 51.3. The number of carbonyl (C=O) groups is 2. The molecule has 0 aliphatic rings. The molecule has 0 aliphatic heterocycles. The van der Waals surface area contributed by atoms with Gasteiger partial charge in [0.15, 0.2) is 23.0 Å². The zero-order chi connectivity index (χ0) is 24.8. The third kappa shape index (κ3) is 5.98. The molecule has 2 aromatic carbocycles. The molecule has 2 aromatic rings. The lowest BCUT2D eigenvalue weighted by Gasteiger charge is -2.23. The van der Waals surface area contributed by atoms with Crippen LogP contribution in [0.1, 0.15) is 10.4 Å². The number of nitrogens with zero attached hydrogens (tertiary/aromatic N) is 1. The summed E-state index contributed by atoms with van der Waals surface area (Å²) in [5, 5.41) is 2.54. The normalized spacial score (nSPS) is 10.7. The largest absolute Gasteiger partial charge is 0.493 e. The highest BCUT2D eigenvalue weighted by Crippen LogP contribution is 2.35. The summed E-state index contributed by atoms with van der Waals surface area (Å²) in [6.45, 7) is -0.580. The first-order chi connectivity index (χ1) is 15.6. The van der Waals surface area contributed by atoms with E-state index < -0.39 is 28.4 Å². The van der Waals surface area contributed by atoms with Gasteiger partial charge >= 0.3 is 5.97 Å². The molecule has 0 aliphatic carbocycles. The van der Waals surface area contributed by atoms with Crippen LogP contribution < -0.4 is 28.6 Å². The fourth-order valence-electron chi connectivity index (χ4n) is 2.96. The van der Waals surface area contributed by atoms with E-state index >= 15 is 0 Å². The van der Waals surface area contributed by atoms with Crippen LogP contribution in [0.25, 0.3) is 0 Å². The van der Waals surface area contributed by atoms with Gasteiger partial charge in [0, 0.05) is 18.2 Å². The molecule has 1 amide bonds. The third-order valence-electron chi connectivity index (χ3n) is 4.55. The number of carbonyl (C=O) groups excluding carboxylic acids is 2. The van der Waals surface area contributed by atoms with E-state index in [1.165, 1.54) is 65.9 Å². The van der Waals surface area contributed by atoms with Crippen LogP contribution >= 0.6 is 0 Å². The van der Waals surface area contributed by atoms with Crippen LogP contribution in [0.3, 0.4) is 0 Å². The molecule has 0 fully saturated rings. The Morgan fingerprint density at radius 1 is 0.848 bits per heavy atom. The molecular weight excluding hydrogens is 456 g/mol. The van der Waals surface area contributed by atoms with Crippen LogP contribution in [0, 0.1) is 0 Å². The lowest BCUT2D eigenvalue weighted by molar-refractivity contribution is -0.114. The van der Waals surface area contributed by atoms with Crippen LogP contribution in [0.2, 0.25) is 0 Å². The average Bonchev–Trinajstić information content (AvgIpc) is 2.80.